The monoisotopic (exact) mass is 777 g/mol. The van der Waals surface area contributed by atoms with Gasteiger partial charge < -0.3 is 14.8 Å². The molecule has 1 saturated heterocycles. The van der Waals surface area contributed by atoms with Crippen LogP contribution in [0.3, 0.4) is 0 Å². The topological polar surface area (TPSA) is 89.9 Å². The lowest BCUT2D eigenvalue weighted by Crippen LogP contribution is -2.49. The highest BCUT2D eigenvalue weighted by Crippen LogP contribution is 2.44. The van der Waals surface area contributed by atoms with Crippen molar-refractivity contribution in [2.45, 2.75) is 64.2 Å². The zero-order chi connectivity index (χ0) is 40.0. The summed E-state index contributed by atoms with van der Waals surface area (Å²) in [6.07, 6.45) is -11.7. The number of likely N-dealkylation sites (tertiary alicyclic amines) is 1. The molecule has 3 aromatic carbocycles. The van der Waals surface area contributed by atoms with E-state index in [1.807, 2.05) is 0 Å². The summed E-state index contributed by atoms with van der Waals surface area (Å²) >= 11 is 0. The van der Waals surface area contributed by atoms with Crippen LogP contribution in [-0.2, 0) is 33.1 Å². The zero-order valence-corrected chi connectivity index (χ0v) is 29.7. The van der Waals surface area contributed by atoms with Crippen LogP contribution in [0.2, 0.25) is 0 Å². The Balaban J connectivity index is 1.61. The van der Waals surface area contributed by atoms with Crippen LogP contribution in [0.15, 0.2) is 65.6 Å². The lowest BCUT2D eigenvalue weighted by molar-refractivity contribution is -0.144. The van der Waals surface area contributed by atoms with Crippen molar-refractivity contribution in [2.24, 2.45) is 0 Å². The van der Waals surface area contributed by atoms with Gasteiger partial charge in [0, 0.05) is 43.0 Å². The number of rotatable bonds is 7. The fraction of sp³-hybridized carbons (Fsp3) is 0.359. The first-order valence-electron chi connectivity index (χ1n) is 17.3. The summed E-state index contributed by atoms with van der Waals surface area (Å²) in [4.78, 5) is 42.6. The summed E-state index contributed by atoms with van der Waals surface area (Å²) < 4.78 is 128. The molecule has 2 aliphatic heterocycles. The Labute approximate surface area is 309 Å². The first-order chi connectivity index (χ1) is 25.8. The second-order valence-corrected chi connectivity index (χ2v) is 13.5. The Kier molecular flexibility index (Phi) is 10.8. The zero-order valence-electron chi connectivity index (χ0n) is 29.7. The number of nitrogens with zero attached hydrogens (tertiary/aromatic N) is 2. The number of pyridine rings is 1. The minimum atomic E-state index is -5.25. The number of nitrogens with one attached hydrogen (secondary N) is 1. The molecule has 1 amide bonds. The first kappa shape index (κ1) is 39.4. The number of ether oxygens (including phenoxy) is 2. The van der Waals surface area contributed by atoms with Gasteiger partial charge in [0.15, 0.2) is 0 Å². The summed E-state index contributed by atoms with van der Waals surface area (Å²) in [7, 11) is 0. The molecule has 0 spiro atoms. The number of hydrogen-bond acceptors (Lipinski definition) is 6. The van der Waals surface area contributed by atoms with Crippen LogP contribution in [0, 0.1) is 19.7 Å². The average Bonchev–Trinajstić information content (AvgIpc) is 3.08. The normalized spacial score (nSPS) is 17.8. The van der Waals surface area contributed by atoms with E-state index in [4.69, 9.17) is 9.47 Å². The third kappa shape index (κ3) is 8.23. The number of alkyl halides is 7. The molecule has 2 aliphatic rings. The van der Waals surface area contributed by atoms with Crippen LogP contribution in [-0.4, -0.2) is 53.8 Å². The fourth-order valence-electron chi connectivity index (χ4n) is 6.93. The number of aryl methyl sites for hydroxylation is 2. The Bertz CT molecular complexity index is 2190. The molecule has 2 atom stereocenters. The Morgan fingerprint density at radius 1 is 0.945 bits per heavy atom. The van der Waals surface area contributed by atoms with Gasteiger partial charge in [-0.15, -0.1) is 0 Å². The van der Waals surface area contributed by atoms with E-state index < -0.39 is 82.5 Å². The maximum Gasteiger partial charge on any atom is 0.419 e. The Morgan fingerprint density at radius 2 is 1.64 bits per heavy atom. The first-order valence-corrected chi connectivity index (χ1v) is 17.3. The molecule has 0 saturated carbocycles. The molecule has 1 aromatic heterocycles. The van der Waals surface area contributed by atoms with Gasteiger partial charge in [-0.2, -0.15) is 26.3 Å². The van der Waals surface area contributed by atoms with E-state index in [0.29, 0.717) is 23.3 Å². The number of hydrogen-bond donors (Lipinski definition) is 1. The molecule has 6 rings (SSSR count). The highest BCUT2D eigenvalue weighted by atomic mass is 19.4. The molecule has 4 aromatic rings. The molecule has 1 unspecified atom stereocenters. The predicted molar refractivity (Wildman–Crippen MR) is 184 cm³/mol. The van der Waals surface area contributed by atoms with Gasteiger partial charge in [-0.05, 0) is 79.3 Å². The van der Waals surface area contributed by atoms with Gasteiger partial charge in [0.25, 0.3) is 5.56 Å². The lowest BCUT2D eigenvalue weighted by atomic mass is 9.90. The van der Waals surface area contributed by atoms with Gasteiger partial charge in [0.05, 0.1) is 30.2 Å². The van der Waals surface area contributed by atoms with Crippen molar-refractivity contribution in [3.05, 3.63) is 116 Å². The number of fused-ring (bicyclic) bond motifs is 6. The van der Waals surface area contributed by atoms with Crippen LogP contribution in [0.1, 0.15) is 64.4 Å². The third-order valence-corrected chi connectivity index (χ3v) is 9.62. The maximum atomic E-state index is 16.2. The number of carbonyl (C=O) groups excluding carboxylic acids is 2. The number of amides is 1. The molecular formula is C39H35F8N3O5. The number of benzene rings is 3. The molecule has 3 heterocycles. The molecule has 0 radical (unpaired) electrons. The van der Waals surface area contributed by atoms with E-state index in [9.17, 15) is 45.1 Å². The third-order valence-electron chi connectivity index (χ3n) is 9.62. The smallest absolute Gasteiger partial charge is 0.419 e. The minimum Gasteiger partial charge on any atom is -0.466 e. The van der Waals surface area contributed by atoms with Crippen LogP contribution in [0.5, 0.6) is 11.5 Å². The van der Waals surface area contributed by atoms with Gasteiger partial charge in [0.1, 0.15) is 29.5 Å². The standard InChI is InChI=1S/C39H35F8N3O5/c1-4-54-32(52)16-30-27-13-24(14-29(34(27)41)39(45,46)47)33-20(2)8-9-21(3)36(33)55-26-7-5-6-22(12-26)35(37(53)48-30)50-17-23(10-11-49-18-25(40)19-49)28(15-31(50)51)38(42,43)44/h5-9,12-15,17,25,30,35H,4,10-11,16,18-19H2,1-3H3,(H,48,53)/t30-,35?/m0/s1. The largest absolute Gasteiger partial charge is 0.466 e. The van der Waals surface area contributed by atoms with Crippen molar-refractivity contribution in [3.8, 4) is 22.6 Å². The van der Waals surface area contributed by atoms with Crippen LogP contribution in [0.25, 0.3) is 11.1 Å². The van der Waals surface area contributed by atoms with Crippen LogP contribution >= 0.6 is 0 Å². The molecular weight excluding hydrogens is 742 g/mol. The van der Waals surface area contributed by atoms with Gasteiger partial charge in [-0.3, -0.25) is 23.9 Å². The summed E-state index contributed by atoms with van der Waals surface area (Å²) in [6.45, 7) is 4.55. The number of esters is 1. The Morgan fingerprint density at radius 3 is 2.29 bits per heavy atom. The van der Waals surface area contributed by atoms with Crippen LogP contribution in [0.4, 0.5) is 35.1 Å². The van der Waals surface area contributed by atoms with E-state index >= 15 is 4.39 Å². The predicted octanol–water partition coefficient (Wildman–Crippen LogP) is 8.01. The van der Waals surface area contributed by atoms with Crippen molar-refractivity contribution in [1.29, 1.82) is 0 Å². The van der Waals surface area contributed by atoms with Gasteiger partial charge in [-0.25, -0.2) is 8.78 Å². The van der Waals surface area contributed by atoms with Crippen LogP contribution < -0.4 is 15.6 Å². The summed E-state index contributed by atoms with van der Waals surface area (Å²) in [5, 5.41) is 2.43. The van der Waals surface area contributed by atoms with Crippen molar-refractivity contribution >= 4 is 11.9 Å². The van der Waals surface area contributed by atoms with Gasteiger partial charge in [0.2, 0.25) is 5.91 Å². The summed E-state index contributed by atoms with van der Waals surface area (Å²) in [5.41, 5.74) is -4.50. The van der Waals surface area contributed by atoms with E-state index in [-0.39, 0.29) is 60.9 Å². The number of aromatic nitrogens is 1. The number of halogens is 8. The molecule has 4 bridgehead atoms. The van der Waals surface area contributed by atoms with Crippen molar-refractivity contribution in [3.63, 3.8) is 0 Å². The second kappa shape index (κ2) is 15.1. The van der Waals surface area contributed by atoms with E-state index in [0.717, 1.165) is 16.8 Å². The van der Waals surface area contributed by atoms with E-state index in [2.05, 4.69) is 5.32 Å². The van der Waals surface area contributed by atoms with Gasteiger partial charge >= 0.3 is 18.3 Å². The lowest BCUT2D eigenvalue weighted by Gasteiger charge is -2.34. The fourth-order valence-corrected chi connectivity index (χ4v) is 6.93. The quantitative estimate of drug-likeness (QED) is 0.151. The molecule has 8 nitrogen and oxygen atoms in total. The molecule has 0 aliphatic carbocycles. The number of carbonyl (C=O) groups is 2. The minimum absolute atomic E-state index is 0.00115. The maximum absolute atomic E-state index is 16.2. The molecule has 1 N–H and O–H groups in total. The highest BCUT2D eigenvalue weighted by Gasteiger charge is 2.40. The molecule has 1 fully saturated rings. The Hall–Kier alpha value is -5.25. The summed E-state index contributed by atoms with van der Waals surface area (Å²) in [5.74, 6) is -3.86. The van der Waals surface area contributed by atoms with Crippen molar-refractivity contribution < 1.29 is 54.2 Å². The highest BCUT2D eigenvalue weighted by molar-refractivity contribution is 5.85. The molecule has 16 heteroatoms. The van der Waals surface area contributed by atoms with Gasteiger partial charge in [-0.1, -0.05) is 24.3 Å². The summed E-state index contributed by atoms with van der Waals surface area (Å²) in [6, 6.07) is 7.26. The van der Waals surface area contributed by atoms with E-state index in [1.54, 1.807) is 30.9 Å². The SMILES string of the molecule is CCOC(=O)C[C@@H]1NC(=O)C(n2cc(CCN3CC(F)C3)c(C(F)(F)F)cc2=O)c2cccc(c2)Oc2c(C)ccc(C)c2-c2cc1c(F)c(C(F)(F)F)c2. The van der Waals surface area contributed by atoms with Crippen molar-refractivity contribution in [1.82, 2.24) is 14.8 Å². The average molecular weight is 778 g/mol. The second-order valence-electron chi connectivity index (χ2n) is 13.5. The molecule has 292 valence electrons. The molecule has 55 heavy (non-hydrogen) atoms. The van der Waals surface area contributed by atoms with E-state index in [1.165, 1.54) is 31.2 Å². The van der Waals surface area contributed by atoms with Crippen molar-refractivity contribution in [2.75, 3.05) is 26.2 Å².